The van der Waals surface area contributed by atoms with Crippen molar-refractivity contribution in [1.29, 1.82) is 0 Å². The number of halogens is 9. The van der Waals surface area contributed by atoms with Crippen LogP contribution in [0.1, 0.15) is 30.5 Å². The van der Waals surface area contributed by atoms with E-state index in [1.165, 1.54) is 45.4 Å². The van der Waals surface area contributed by atoms with Crippen LogP contribution in [-0.4, -0.2) is 30.1 Å². The molecule has 0 unspecified atom stereocenters. The van der Waals surface area contributed by atoms with Gasteiger partial charge < -0.3 is 19.6 Å². The number of aliphatic hydroxyl groups excluding tert-OH is 1. The van der Waals surface area contributed by atoms with Gasteiger partial charge in [-0.15, -0.1) is 12.1 Å². The van der Waals surface area contributed by atoms with Crippen molar-refractivity contribution in [2.24, 2.45) is 0 Å². The van der Waals surface area contributed by atoms with Gasteiger partial charge in [-0.25, -0.2) is 0 Å². The fourth-order valence-electron chi connectivity index (χ4n) is 3.51. The summed E-state index contributed by atoms with van der Waals surface area (Å²) in [5.74, 6) is 0.0814. The number of hydrogen-bond acceptors (Lipinski definition) is 5. The molecule has 1 aromatic heterocycles. The van der Waals surface area contributed by atoms with E-state index in [2.05, 4.69) is 11.1 Å². The summed E-state index contributed by atoms with van der Waals surface area (Å²) in [6.07, 6.45) is -14.0. The maximum atomic E-state index is 13.7. The molecule has 15 heteroatoms. The molecule has 5 nitrogen and oxygen atoms in total. The Balaban J connectivity index is 0.000000981. The van der Waals surface area contributed by atoms with Crippen LogP contribution in [0.2, 0.25) is 0 Å². The van der Waals surface area contributed by atoms with E-state index in [9.17, 15) is 44.3 Å². The first-order valence-electron chi connectivity index (χ1n) is 11.2. The van der Waals surface area contributed by atoms with Crippen LogP contribution in [-0.2, 0) is 43.4 Å². The second-order valence-electron chi connectivity index (χ2n) is 8.25. The minimum atomic E-state index is -5.53. The summed E-state index contributed by atoms with van der Waals surface area (Å²) in [6, 6.07) is 6.39. The standard InChI is InChI=1S/C22H13F9NO2.C5H8O2.Ir/c1-33-13-5-6-32-17(10-13)14-4-3-11(7-18(14)34-2)19-15(21(26,27)28)8-12(20(23,24)25)9-16(19)22(29,30)31;1-4(6)3-5(2)7;/h3,5-10H,1-2H3;3,6H,1-2H3;/q-1;;/b;4-3-;. The molecule has 0 spiro atoms. The summed E-state index contributed by atoms with van der Waals surface area (Å²) >= 11 is 0. The molecular weight excluding hydrogens is 765 g/mol. The van der Waals surface area contributed by atoms with Crippen molar-refractivity contribution in [3.63, 3.8) is 0 Å². The van der Waals surface area contributed by atoms with Gasteiger partial charge in [-0.1, -0.05) is 17.2 Å². The van der Waals surface area contributed by atoms with Gasteiger partial charge in [-0.2, -0.15) is 39.5 Å². The van der Waals surface area contributed by atoms with Crippen molar-refractivity contribution in [3.8, 4) is 33.9 Å². The first-order valence-corrected chi connectivity index (χ1v) is 11.2. The number of allylic oxidation sites excluding steroid dienone is 2. The van der Waals surface area contributed by atoms with Gasteiger partial charge in [-0.05, 0) is 49.4 Å². The third-order valence-electron chi connectivity index (χ3n) is 5.13. The van der Waals surface area contributed by atoms with Crippen LogP contribution in [0.5, 0.6) is 11.5 Å². The molecule has 0 atom stereocenters. The summed E-state index contributed by atoms with van der Waals surface area (Å²) in [4.78, 5) is 14.1. The molecule has 3 rings (SSSR count). The normalized spacial score (nSPS) is 12.1. The first kappa shape index (κ1) is 36.4. The summed E-state index contributed by atoms with van der Waals surface area (Å²) in [5, 5.41) is 8.36. The second-order valence-corrected chi connectivity index (χ2v) is 8.25. The van der Waals surface area contributed by atoms with Crippen molar-refractivity contribution in [2.75, 3.05) is 14.2 Å². The maximum Gasteiger partial charge on any atom is 0.416 e. The predicted molar refractivity (Wildman–Crippen MR) is 129 cm³/mol. The molecule has 0 aliphatic carbocycles. The molecule has 0 saturated carbocycles. The number of pyridine rings is 1. The van der Waals surface area contributed by atoms with E-state index in [1.54, 1.807) is 0 Å². The van der Waals surface area contributed by atoms with Crippen LogP contribution < -0.4 is 9.47 Å². The Bertz CT molecular complexity index is 1390. The number of rotatable bonds is 5. The van der Waals surface area contributed by atoms with Gasteiger partial charge >= 0.3 is 18.5 Å². The van der Waals surface area contributed by atoms with E-state index in [0.717, 1.165) is 19.2 Å². The first-order chi connectivity index (χ1) is 18.8. The fraction of sp³-hybridized carbons (Fsp3) is 0.259. The largest absolute Gasteiger partial charge is 0.540 e. The number of aromatic nitrogens is 1. The number of aliphatic hydroxyl groups is 1. The number of carbonyl (C=O) groups excluding carboxylic acids is 1. The van der Waals surface area contributed by atoms with E-state index in [1.807, 2.05) is 0 Å². The van der Waals surface area contributed by atoms with E-state index >= 15 is 0 Å². The van der Waals surface area contributed by atoms with Crippen LogP contribution in [0.25, 0.3) is 22.4 Å². The van der Waals surface area contributed by atoms with Crippen molar-refractivity contribution in [3.05, 3.63) is 77.2 Å². The van der Waals surface area contributed by atoms with Crippen molar-refractivity contribution in [1.82, 2.24) is 4.98 Å². The van der Waals surface area contributed by atoms with E-state index < -0.39 is 46.3 Å². The van der Waals surface area contributed by atoms with Gasteiger partial charge in [0, 0.05) is 38.1 Å². The number of methoxy groups -OCH3 is 2. The van der Waals surface area contributed by atoms with Gasteiger partial charge in [0.25, 0.3) is 0 Å². The Labute approximate surface area is 247 Å². The molecule has 1 radical (unpaired) electrons. The fourth-order valence-corrected chi connectivity index (χ4v) is 3.51. The Morgan fingerprint density at radius 3 is 1.81 bits per heavy atom. The van der Waals surface area contributed by atoms with Gasteiger partial charge in [-0.3, -0.25) is 4.79 Å². The molecule has 0 aliphatic rings. The molecule has 0 saturated heterocycles. The van der Waals surface area contributed by atoms with Crippen molar-refractivity contribution >= 4 is 5.78 Å². The molecule has 0 fully saturated rings. The summed E-state index contributed by atoms with van der Waals surface area (Å²) in [7, 11) is 2.48. The van der Waals surface area contributed by atoms with Crippen LogP contribution in [0.4, 0.5) is 39.5 Å². The zero-order valence-electron chi connectivity index (χ0n) is 22.0. The predicted octanol–water partition coefficient (Wildman–Crippen LogP) is 8.32. The number of benzene rings is 2. The molecule has 42 heavy (non-hydrogen) atoms. The summed E-state index contributed by atoms with van der Waals surface area (Å²) in [5.41, 5.74) is -8.19. The molecule has 1 N–H and O–H groups in total. The molecule has 0 bridgehead atoms. The molecule has 3 aromatic rings. The quantitative estimate of drug-likeness (QED) is 0.122. The van der Waals surface area contributed by atoms with Crippen molar-refractivity contribution in [2.45, 2.75) is 32.4 Å². The minimum Gasteiger partial charge on any atom is -0.540 e. The molecular formula is C27H21F9IrNO4-. The zero-order valence-corrected chi connectivity index (χ0v) is 24.4. The SMILES string of the molecule is CC(=O)/C=C(/C)O.COc1ccnc(-c2[c-]cc(-c3c(C(F)(F)F)cc(C(F)(F)F)cc3C(F)(F)F)cc2OC)c1.[Ir]. The topological polar surface area (TPSA) is 68.7 Å². The average molecular weight is 787 g/mol. The van der Waals surface area contributed by atoms with Crippen LogP contribution >= 0.6 is 0 Å². The summed E-state index contributed by atoms with van der Waals surface area (Å²) < 4.78 is 132. The number of nitrogens with zero attached hydrogens (tertiary/aromatic N) is 1. The minimum absolute atomic E-state index is 0. The molecule has 1 heterocycles. The summed E-state index contributed by atoms with van der Waals surface area (Å²) in [6.45, 7) is 2.85. The van der Waals surface area contributed by atoms with E-state index in [-0.39, 0.29) is 60.8 Å². The maximum absolute atomic E-state index is 13.7. The average Bonchev–Trinajstić information content (AvgIpc) is 2.85. The monoisotopic (exact) mass is 787 g/mol. The van der Waals surface area contributed by atoms with Crippen LogP contribution in [0.3, 0.4) is 0 Å². The molecule has 0 aliphatic heterocycles. The molecule has 0 amide bonds. The van der Waals surface area contributed by atoms with Crippen molar-refractivity contribution < 1.29 is 79.0 Å². The van der Waals surface area contributed by atoms with Gasteiger partial charge in [0.15, 0.2) is 5.78 Å². The van der Waals surface area contributed by atoms with Crippen LogP contribution in [0, 0.1) is 6.07 Å². The number of ketones is 1. The number of ether oxygens (including phenoxy) is 2. The van der Waals surface area contributed by atoms with Gasteiger partial charge in [0.05, 0.1) is 36.7 Å². The third-order valence-corrected chi connectivity index (χ3v) is 5.13. The third kappa shape index (κ3) is 9.48. The van der Waals surface area contributed by atoms with Crippen LogP contribution in [0.15, 0.2) is 54.4 Å². The number of carbonyl (C=O) groups is 1. The van der Waals surface area contributed by atoms with Gasteiger partial charge in [0.1, 0.15) is 5.75 Å². The molecule has 2 aromatic carbocycles. The van der Waals surface area contributed by atoms with E-state index in [4.69, 9.17) is 14.6 Å². The zero-order chi connectivity index (χ0) is 31.3. The van der Waals surface area contributed by atoms with E-state index in [0.29, 0.717) is 5.75 Å². The number of alkyl halides is 9. The second kappa shape index (κ2) is 14.1. The smallest absolute Gasteiger partial charge is 0.416 e. The molecule has 231 valence electrons. The Kier molecular flexibility index (Phi) is 12.2. The Morgan fingerprint density at radius 2 is 1.43 bits per heavy atom. The number of hydrogen-bond donors (Lipinski definition) is 1. The van der Waals surface area contributed by atoms with Gasteiger partial charge in [0.2, 0.25) is 0 Å². The Morgan fingerprint density at radius 1 is 0.881 bits per heavy atom. The Hall–Kier alpha value is -3.58.